The Labute approximate surface area is 293 Å². The summed E-state index contributed by atoms with van der Waals surface area (Å²) in [6.07, 6.45) is 0. The third-order valence-corrected chi connectivity index (χ3v) is 12.0. The summed E-state index contributed by atoms with van der Waals surface area (Å²) in [4.78, 5) is 7.28. The monoisotopic (exact) mass is 653 g/mol. The van der Waals surface area contributed by atoms with E-state index >= 15 is 0 Å². The third kappa shape index (κ3) is 5.10. The summed E-state index contributed by atoms with van der Waals surface area (Å²) in [5.41, 5.74) is 10.7. The van der Waals surface area contributed by atoms with Gasteiger partial charge >= 0.3 is 0 Å². The quantitative estimate of drug-likeness (QED) is 0.103. The highest BCUT2D eigenvalue weighted by Crippen LogP contribution is 2.48. The molecule has 0 amide bonds. The molecule has 234 valence electrons. The van der Waals surface area contributed by atoms with Gasteiger partial charge in [0.05, 0.1) is 32.9 Å². The minimum Gasteiger partial charge on any atom is -0.238 e. The van der Waals surface area contributed by atoms with Crippen LogP contribution in [0.3, 0.4) is 0 Å². The molecule has 4 heteroatoms. The molecule has 0 spiro atoms. The van der Waals surface area contributed by atoms with Crippen molar-refractivity contribution in [2.24, 2.45) is 0 Å². The van der Waals surface area contributed by atoms with Gasteiger partial charge in [-0.15, -0.1) is 0 Å². The number of nitriles is 1. The lowest BCUT2D eigenvalue weighted by Gasteiger charge is -2.22. The molecule has 0 aliphatic heterocycles. The molecule has 50 heavy (non-hydrogen) atoms. The van der Waals surface area contributed by atoms with Crippen LogP contribution in [0.2, 0.25) is 19.6 Å². The normalized spacial score (nSPS) is 11.4. The average Bonchev–Trinajstić information content (AvgIpc) is 3.16. The average molecular weight is 654 g/mol. The molecule has 0 bridgehead atoms. The van der Waals surface area contributed by atoms with E-state index in [-0.39, 0.29) is 0 Å². The number of benzene rings is 8. The predicted octanol–water partition coefficient (Wildman–Crippen LogP) is 12.8. The van der Waals surface area contributed by atoms with E-state index in [1.807, 2.05) is 60.7 Å². The summed E-state index contributed by atoms with van der Waals surface area (Å²) in [5.74, 6) is 0. The van der Waals surface area contributed by atoms with Crippen LogP contribution in [-0.4, -0.2) is 8.07 Å². The van der Waals surface area contributed by atoms with Gasteiger partial charge in [0.25, 0.3) is 0 Å². The highest BCUT2D eigenvalue weighted by Gasteiger charge is 2.22. The van der Waals surface area contributed by atoms with Gasteiger partial charge in [0.15, 0.2) is 11.4 Å². The first kappa shape index (κ1) is 30.8. The Morgan fingerprint density at radius 2 is 0.780 bits per heavy atom. The van der Waals surface area contributed by atoms with E-state index in [4.69, 9.17) is 13.1 Å². The molecular formula is C46H31N3Si. The van der Waals surface area contributed by atoms with Crippen molar-refractivity contribution in [1.82, 2.24) is 0 Å². The van der Waals surface area contributed by atoms with Crippen molar-refractivity contribution in [3.63, 3.8) is 0 Å². The van der Waals surface area contributed by atoms with E-state index in [0.29, 0.717) is 16.9 Å². The van der Waals surface area contributed by atoms with Crippen LogP contribution in [0, 0.1) is 24.5 Å². The van der Waals surface area contributed by atoms with E-state index in [1.54, 1.807) is 0 Å². The summed E-state index contributed by atoms with van der Waals surface area (Å²) >= 11 is 0. The van der Waals surface area contributed by atoms with Crippen molar-refractivity contribution in [2.45, 2.75) is 19.6 Å². The molecule has 0 radical (unpaired) electrons. The fourth-order valence-electron chi connectivity index (χ4n) is 7.25. The SMILES string of the molecule is [C-]#[N+]c1ccc(-c2cc(-c3ccc(C#N)cc3)c3ccc4c(-c5ccc([Si](C)(C)C)cc5)cc(-c5ccc([N+]#[C-])cc5)c5ccc2c3c54)cc1. The van der Waals surface area contributed by atoms with E-state index in [2.05, 4.69) is 108 Å². The van der Waals surface area contributed by atoms with Crippen molar-refractivity contribution >= 4 is 57.0 Å². The summed E-state index contributed by atoms with van der Waals surface area (Å²) in [6, 6.07) is 48.6. The Kier molecular flexibility index (Phi) is 7.31. The number of rotatable bonds is 5. The molecule has 0 aliphatic rings. The molecule has 8 rings (SSSR count). The molecule has 0 saturated carbocycles. The van der Waals surface area contributed by atoms with E-state index in [9.17, 15) is 5.26 Å². The topological polar surface area (TPSA) is 32.5 Å². The van der Waals surface area contributed by atoms with Crippen LogP contribution >= 0.6 is 0 Å². The van der Waals surface area contributed by atoms with Crippen LogP contribution in [0.1, 0.15) is 5.56 Å². The molecule has 0 unspecified atom stereocenters. The maximum Gasteiger partial charge on any atom is 0.187 e. The molecule has 0 fully saturated rings. The molecule has 0 heterocycles. The van der Waals surface area contributed by atoms with Crippen LogP contribution in [0.15, 0.2) is 133 Å². The second-order valence-corrected chi connectivity index (χ2v) is 18.9. The number of hydrogen-bond acceptors (Lipinski definition) is 1. The third-order valence-electron chi connectivity index (χ3n) is 9.90. The van der Waals surface area contributed by atoms with Gasteiger partial charge in [-0.3, -0.25) is 0 Å². The molecule has 8 aromatic carbocycles. The fraction of sp³-hybridized carbons (Fsp3) is 0.0652. The van der Waals surface area contributed by atoms with Crippen LogP contribution < -0.4 is 5.19 Å². The van der Waals surface area contributed by atoms with Crippen LogP contribution in [-0.2, 0) is 0 Å². The van der Waals surface area contributed by atoms with E-state index in [0.717, 1.165) is 49.5 Å². The van der Waals surface area contributed by atoms with Gasteiger partial charge in [-0.25, -0.2) is 9.69 Å². The highest BCUT2D eigenvalue weighted by molar-refractivity contribution is 6.88. The van der Waals surface area contributed by atoms with Gasteiger partial charge in [-0.2, -0.15) is 5.26 Å². The lowest BCUT2D eigenvalue weighted by Crippen LogP contribution is -2.37. The number of nitrogens with zero attached hydrogens (tertiary/aromatic N) is 3. The zero-order chi connectivity index (χ0) is 34.6. The van der Waals surface area contributed by atoms with Gasteiger partial charge in [-0.05, 0) is 101 Å². The Hall–Kier alpha value is -6.51. The Morgan fingerprint density at radius 3 is 1.08 bits per heavy atom. The maximum absolute atomic E-state index is 9.53. The van der Waals surface area contributed by atoms with Crippen LogP contribution in [0.4, 0.5) is 11.4 Å². The molecule has 0 saturated heterocycles. The van der Waals surface area contributed by atoms with Crippen molar-refractivity contribution in [3.8, 4) is 50.6 Å². The Balaban J connectivity index is 1.51. The molecule has 3 nitrogen and oxygen atoms in total. The smallest absolute Gasteiger partial charge is 0.187 e. The molecule has 0 atom stereocenters. The van der Waals surface area contributed by atoms with Crippen molar-refractivity contribution in [3.05, 3.63) is 162 Å². The molecule has 0 aromatic heterocycles. The molecule has 0 N–H and O–H groups in total. The van der Waals surface area contributed by atoms with Gasteiger partial charge in [-0.1, -0.05) is 134 Å². The minimum absolute atomic E-state index is 0.609. The first-order valence-corrected chi connectivity index (χ1v) is 20.1. The van der Waals surface area contributed by atoms with Gasteiger partial charge in [0.2, 0.25) is 0 Å². The first-order valence-electron chi connectivity index (χ1n) is 16.6. The standard InChI is InChI=1S/C46H31N3Si/c1-48-34-16-10-31(11-17-34)42-26-41(30-8-6-29(28-47)7-9-30)37-22-25-40-44(33-14-20-36(21-15-33)50(3,4)5)27-43(32-12-18-35(49-2)19-13-32)39-24-23-38(42)45(37)46(39)40/h6-27H,3-5H3. The fourth-order valence-corrected chi connectivity index (χ4v) is 8.42. The van der Waals surface area contributed by atoms with Crippen molar-refractivity contribution in [2.75, 3.05) is 0 Å². The summed E-state index contributed by atoms with van der Waals surface area (Å²) in [6.45, 7) is 22.2. The van der Waals surface area contributed by atoms with Gasteiger partial charge < -0.3 is 0 Å². The highest BCUT2D eigenvalue weighted by atomic mass is 28.3. The molecule has 0 aliphatic carbocycles. The molecule has 8 aromatic rings. The Morgan fingerprint density at radius 1 is 0.460 bits per heavy atom. The summed E-state index contributed by atoms with van der Waals surface area (Å²) in [5, 5.41) is 18.0. The second-order valence-electron chi connectivity index (χ2n) is 13.8. The largest absolute Gasteiger partial charge is 0.238 e. The lowest BCUT2D eigenvalue weighted by molar-refractivity contribution is 1.48. The first-order chi connectivity index (χ1) is 24.3. The van der Waals surface area contributed by atoms with Crippen molar-refractivity contribution in [1.29, 1.82) is 5.26 Å². The lowest BCUT2D eigenvalue weighted by atomic mass is 9.82. The zero-order valence-corrected chi connectivity index (χ0v) is 29.0. The second kappa shape index (κ2) is 11.9. The minimum atomic E-state index is -1.48. The van der Waals surface area contributed by atoms with Gasteiger partial charge in [0.1, 0.15) is 0 Å². The van der Waals surface area contributed by atoms with E-state index < -0.39 is 8.07 Å². The predicted molar refractivity (Wildman–Crippen MR) is 212 cm³/mol. The maximum atomic E-state index is 9.53. The van der Waals surface area contributed by atoms with E-state index in [1.165, 1.54) is 32.5 Å². The summed E-state index contributed by atoms with van der Waals surface area (Å²) < 4.78 is 0. The van der Waals surface area contributed by atoms with Crippen molar-refractivity contribution < 1.29 is 0 Å². The van der Waals surface area contributed by atoms with Gasteiger partial charge in [0, 0.05) is 0 Å². The van der Waals surface area contributed by atoms with Crippen LogP contribution in [0.5, 0.6) is 0 Å². The number of hydrogen-bond donors (Lipinski definition) is 0. The molecular weight excluding hydrogens is 623 g/mol. The van der Waals surface area contributed by atoms with Crippen LogP contribution in [0.25, 0.3) is 86.5 Å². The zero-order valence-electron chi connectivity index (χ0n) is 28.0. The Bertz CT molecular complexity index is 2640. The summed E-state index contributed by atoms with van der Waals surface area (Å²) in [7, 11) is -1.48.